The van der Waals surface area contributed by atoms with Crippen molar-refractivity contribution < 1.29 is 48.1 Å². The van der Waals surface area contributed by atoms with Crippen molar-refractivity contribution in [3.63, 3.8) is 0 Å². The fraction of sp³-hybridized carbons (Fsp3) is 0.455. The van der Waals surface area contributed by atoms with Crippen molar-refractivity contribution >= 4 is 105 Å². The molecule has 0 spiro atoms. The Morgan fingerprint density at radius 2 is 1.03 bits per heavy atom. The first-order chi connectivity index (χ1) is 36.1. The summed E-state index contributed by atoms with van der Waals surface area (Å²) in [6.07, 6.45) is 8.04. The molecule has 3 fully saturated rings. The van der Waals surface area contributed by atoms with Crippen molar-refractivity contribution in [1.82, 2.24) is 9.80 Å². The molecule has 0 aromatic heterocycles. The van der Waals surface area contributed by atoms with Crippen molar-refractivity contribution in [2.75, 3.05) is 99.5 Å². The van der Waals surface area contributed by atoms with E-state index in [1.165, 1.54) is 11.1 Å². The Balaban J connectivity index is 0.000000195. The highest BCUT2D eigenvalue weighted by Crippen LogP contribution is 2.39. The molecule has 1 amide bonds. The van der Waals surface area contributed by atoms with Gasteiger partial charge in [-0.1, -0.05) is 58.5 Å². The molecule has 5 aliphatic rings. The van der Waals surface area contributed by atoms with E-state index in [1.807, 2.05) is 36.4 Å². The number of nitrogen functional groups attached to an aromatic ring is 1. The summed E-state index contributed by atoms with van der Waals surface area (Å²) in [6, 6.07) is 19.5. The van der Waals surface area contributed by atoms with Gasteiger partial charge < -0.3 is 40.2 Å². The topological polar surface area (TPSA) is 201 Å². The van der Waals surface area contributed by atoms with Crippen LogP contribution in [0.25, 0.3) is 0 Å². The number of cyclic esters (lactones) is 2. The average Bonchev–Trinajstić information content (AvgIpc) is 3.78. The van der Waals surface area contributed by atoms with Crippen LogP contribution < -0.4 is 30.3 Å². The van der Waals surface area contributed by atoms with Crippen LogP contribution in [-0.2, 0) is 59.2 Å². The first-order valence-electron chi connectivity index (χ1n) is 25.5. The third-order valence-electron chi connectivity index (χ3n) is 13.7. The molecule has 4 N–H and O–H groups in total. The van der Waals surface area contributed by atoms with Gasteiger partial charge in [-0.2, -0.15) is 0 Å². The van der Waals surface area contributed by atoms with Gasteiger partial charge in [0.1, 0.15) is 29.5 Å². The first kappa shape index (κ1) is 57.1. The zero-order valence-electron chi connectivity index (χ0n) is 42.0. The lowest BCUT2D eigenvalue weighted by Gasteiger charge is -2.36. The molecule has 0 atom stereocenters. The van der Waals surface area contributed by atoms with Crippen LogP contribution in [-0.4, -0.2) is 129 Å². The molecule has 402 valence electrons. The van der Waals surface area contributed by atoms with Gasteiger partial charge in [0.05, 0.1) is 68.9 Å². The number of hydrogen-bond acceptors (Lipinski definition) is 14. The first-order valence-corrected chi connectivity index (χ1v) is 27.0. The zero-order valence-corrected chi connectivity index (χ0v) is 45.0. The largest absolute Gasteiger partial charge is 0.494 e. The van der Waals surface area contributed by atoms with E-state index in [2.05, 4.69) is 41.8 Å². The molecule has 16 nitrogen and oxygen atoms in total. The molecule has 0 radical (unpaired) electrons. The zero-order chi connectivity index (χ0) is 53.4. The number of ether oxygens (including phenoxy) is 3. The minimum atomic E-state index is -1.21. The molecule has 9 rings (SSSR count). The third kappa shape index (κ3) is 16.9. The van der Waals surface area contributed by atoms with Gasteiger partial charge in [0.25, 0.3) is 0 Å². The van der Waals surface area contributed by atoms with Crippen molar-refractivity contribution in [2.45, 2.75) is 83.5 Å². The second kappa shape index (κ2) is 28.0. The fourth-order valence-corrected chi connectivity index (χ4v) is 10.4. The predicted octanol–water partition coefficient (Wildman–Crippen LogP) is 8.91. The number of nitrogens with zero attached hydrogens (tertiary/aromatic N) is 4. The highest BCUT2D eigenvalue weighted by Gasteiger charge is 2.24. The number of anilines is 4. The van der Waals surface area contributed by atoms with Crippen molar-refractivity contribution in [3.05, 3.63) is 103 Å². The summed E-state index contributed by atoms with van der Waals surface area (Å²) < 4.78 is 15.9. The SMILES string of the molecule is Nc1ccc(N2CCN(CCCCOc3ccc4c(c3)CC(=O)CC4)CC2)c(Cl)c1Cl.O=C(O)CC(=O)Nc1ccc(N2CCN(CCCCOc3ccc4c(c3)CC(=O)CC4)CC2)c(Cl)c1Cl.O=C1CCC(=O)O1. The van der Waals surface area contributed by atoms with Crippen LogP contribution in [0.5, 0.6) is 11.5 Å². The Hall–Kier alpha value is -5.62. The molecular weight excluding hydrogens is 1050 g/mol. The summed E-state index contributed by atoms with van der Waals surface area (Å²) in [5.41, 5.74) is 13.2. The number of carbonyl (C=O) groups is 6. The number of aryl methyl sites for hydroxylation is 2. The number of ketones is 2. The Kier molecular flexibility index (Phi) is 21.3. The number of nitrogens with one attached hydrogen (secondary N) is 1. The van der Waals surface area contributed by atoms with E-state index >= 15 is 0 Å². The number of benzene rings is 4. The lowest BCUT2D eigenvalue weighted by atomic mass is 9.91. The Morgan fingerprint density at radius 3 is 1.48 bits per heavy atom. The van der Waals surface area contributed by atoms with Gasteiger partial charge in [0, 0.05) is 78.0 Å². The number of halogens is 4. The van der Waals surface area contributed by atoms with Crippen molar-refractivity contribution in [1.29, 1.82) is 0 Å². The predicted molar refractivity (Wildman–Crippen MR) is 292 cm³/mol. The maximum atomic E-state index is 11.7. The van der Waals surface area contributed by atoms with Crippen LogP contribution in [0.4, 0.5) is 22.7 Å². The number of aliphatic carboxylic acids is 1. The fourth-order valence-electron chi connectivity index (χ4n) is 9.47. The van der Waals surface area contributed by atoms with Crippen LogP contribution in [0.1, 0.15) is 80.0 Å². The average molecular weight is 1110 g/mol. The molecule has 75 heavy (non-hydrogen) atoms. The third-order valence-corrected chi connectivity index (χ3v) is 15.4. The van der Waals surface area contributed by atoms with Crippen LogP contribution in [0, 0.1) is 0 Å². The molecule has 3 saturated heterocycles. The number of carboxylic acid groups (broad SMARTS) is 1. The molecule has 4 aromatic rings. The molecule has 0 saturated carbocycles. The molecule has 3 aliphatic heterocycles. The molecule has 3 heterocycles. The molecule has 4 aromatic carbocycles. The number of esters is 2. The van der Waals surface area contributed by atoms with Crippen LogP contribution in [0.2, 0.25) is 20.1 Å². The van der Waals surface area contributed by atoms with E-state index in [0.29, 0.717) is 76.9 Å². The van der Waals surface area contributed by atoms with E-state index in [1.54, 1.807) is 12.1 Å². The lowest BCUT2D eigenvalue weighted by Crippen LogP contribution is -2.46. The summed E-state index contributed by atoms with van der Waals surface area (Å²) in [5.74, 6) is -0.326. The second-order valence-electron chi connectivity index (χ2n) is 19.1. The smallest absolute Gasteiger partial charge is 0.314 e. The summed E-state index contributed by atoms with van der Waals surface area (Å²) in [4.78, 5) is 75.2. The molecule has 20 heteroatoms. The number of piperazine rings is 2. The number of Topliss-reactive ketones (excluding diaryl/α,β-unsaturated/α-hetero) is 2. The molecule has 0 unspecified atom stereocenters. The Labute approximate surface area is 457 Å². The van der Waals surface area contributed by atoms with E-state index < -0.39 is 30.2 Å². The monoisotopic (exact) mass is 1110 g/mol. The molecular formula is C55H64Cl4N6O10. The van der Waals surface area contributed by atoms with Gasteiger partial charge in [-0.05, 0) is 122 Å². The highest BCUT2D eigenvalue weighted by molar-refractivity contribution is 6.46. The highest BCUT2D eigenvalue weighted by atomic mass is 35.5. The van der Waals surface area contributed by atoms with E-state index in [-0.39, 0.29) is 17.9 Å². The minimum Gasteiger partial charge on any atom is -0.494 e. The number of nitrogens with two attached hydrogens (primary N) is 1. The van der Waals surface area contributed by atoms with E-state index in [0.717, 1.165) is 138 Å². The number of carbonyl (C=O) groups excluding carboxylic acids is 5. The summed E-state index contributed by atoms with van der Waals surface area (Å²) in [7, 11) is 0. The number of rotatable bonds is 17. The summed E-state index contributed by atoms with van der Waals surface area (Å²) in [6.45, 7) is 10.6. The minimum absolute atomic E-state index is 0.200. The van der Waals surface area contributed by atoms with Gasteiger partial charge in [-0.15, -0.1) is 0 Å². The summed E-state index contributed by atoms with van der Waals surface area (Å²) >= 11 is 25.4. The number of hydrogen-bond donors (Lipinski definition) is 3. The van der Waals surface area contributed by atoms with E-state index in [9.17, 15) is 28.8 Å². The van der Waals surface area contributed by atoms with Crippen LogP contribution >= 0.6 is 46.4 Å². The maximum Gasteiger partial charge on any atom is 0.314 e. The van der Waals surface area contributed by atoms with Crippen LogP contribution in [0.15, 0.2) is 60.7 Å². The van der Waals surface area contributed by atoms with Gasteiger partial charge in [0.2, 0.25) is 5.91 Å². The van der Waals surface area contributed by atoms with E-state index in [4.69, 9.17) is 66.7 Å². The number of fused-ring (bicyclic) bond motifs is 2. The van der Waals surface area contributed by atoms with Crippen molar-refractivity contribution in [3.8, 4) is 11.5 Å². The quantitative estimate of drug-likeness (QED) is 0.0391. The number of unbranched alkanes of at least 4 members (excludes halogenated alkanes) is 2. The van der Waals surface area contributed by atoms with Gasteiger partial charge in [-0.25, -0.2) is 0 Å². The van der Waals surface area contributed by atoms with Crippen LogP contribution in [0.3, 0.4) is 0 Å². The Morgan fingerprint density at radius 1 is 0.560 bits per heavy atom. The number of carboxylic acids is 1. The van der Waals surface area contributed by atoms with Crippen molar-refractivity contribution in [2.24, 2.45) is 0 Å². The van der Waals surface area contributed by atoms with Gasteiger partial charge >= 0.3 is 17.9 Å². The standard InChI is InChI=1S/C27H31Cl2N3O5.C24H29Cl2N3O2.C4H4O3/c28-26-22(30-24(34)17-25(35)36)7-8-23(27(26)29)32-12-10-31(11-13-32)9-1-2-14-37-21-6-4-18-3-5-20(33)15-19(18)16-21;25-23-21(27)7-8-22(24(23)26)29-12-10-28(11-13-29)9-1-2-14-31-20-6-4-17-3-5-19(30)15-18(17)16-20;5-3-1-2-4(6)7-3/h4,6-8,16H,1-3,5,9-15,17H2,(H,30,34)(H,35,36);4,6-8,16H,1-3,5,9-15,27H2;1-2H2. The molecule has 0 bridgehead atoms. The maximum absolute atomic E-state index is 11.7. The molecule has 2 aliphatic carbocycles. The Bertz CT molecular complexity index is 2700. The second-order valence-corrected chi connectivity index (χ2v) is 20.6. The summed E-state index contributed by atoms with van der Waals surface area (Å²) in [5, 5.41) is 12.8. The van der Waals surface area contributed by atoms with Gasteiger partial charge in [-0.3, -0.25) is 38.6 Å². The van der Waals surface area contributed by atoms with Gasteiger partial charge in [0.15, 0.2) is 0 Å². The lowest BCUT2D eigenvalue weighted by molar-refractivity contribution is -0.152. The number of amides is 1. The normalized spacial score (nSPS) is 16.7.